The molecule has 2 aromatic carbocycles. The van der Waals surface area contributed by atoms with Crippen LogP contribution in [0.15, 0.2) is 71.9 Å². The molecule has 5 heteroatoms. The Morgan fingerprint density at radius 1 is 1.03 bits per heavy atom. The molecule has 1 unspecified atom stereocenters. The monoisotopic (exact) mass is 399 g/mol. The van der Waals surface area contributed by atoms with Gasteiger partial charge in [-0.1, -0.05) is 36.4 Å². The topological polar surface area (TPSA) is 63.6 Å². The molecule has 30 heavy (non-hydrogen) atoms. The number of hydrogen-bond donors (Lipinski definition) is 1. The number of ether oxygens (including phenoxy) is 1. The van der Waals surface area contributed by atoms with Gasteiger partial charge in [0.2, 0.25) is 5.91 Å². The molecule has 0 saturated heterocycles. The lowest BCUT2D eigenvalue weighted by atomic mass is 9.99. The number of amides is 1. The zero-order valence-electron chi connectivity index (χ0n) is 17.4. The molecule has 1 N–H and O–H groups in total. The van der Waals surface area contributed by atoms with E-state index < -0.39 is 0 Å². The summed E-state index contributed by atoms with van der Waals surface area (Å²) in [7, 11) is 0. The minimum atomic E-state index is -0.267. The van der Waals surface area contributed by atoms with E-state index in [-0.39, 0.29) is 17.9 Å². The second-order valence-corrected chi connectivity index (χ2v) is 7.70. The van der Waals surface area contributed by atoms with Crippen LogP contribution in [0.2, 0.25) is 0 Å². The third-order valence-corrected chi connectivity index (χ3v) is 5.09. The lowest BCUT2D eigenvalue weighted by Crippen LogP contribution is -2.19. The van der Waals surface area contributed by atoms with Crippen LogP contribution in [0.4, 0.5) is 5.82 Å². The van der Waals surface area contributed by atoms with Crippen molar-refractivity contribution in [1.82, 2.24) is 4.98 Å². The van der Waals surface area contributed by atoms with E-state index in [0.29, 0.717) is 12.4 Å². The fourth-order valence-corrected chi connectivity index (χ4v) is 3.53. The van der Waals surface area contributed by atoms with Crippen LogP contribution in [0.5, 0.6) is 5.75 Å². The number of carbonyl (C=O) groups is 1. The van der Waals surface area contributed by atoms with Crippen molar-refractivity contribution in [2.24, 2.45) is 4.99 Å². The van der Waals surface area contributed by atoms with E-state index in [1.165, 1.54) is 5.56 Å². The first-order valence-corrected chi connectivity index (χ1v) is 10.2. The zero-order chi connectivity index (χ0) is 21.1. The fourth-order valence-electron chi connectivity index (χ4n) is 3.53. The van der Waals surface area contributed by atoms with Gasteiger partial charge >= 0.3 is 0 Å². The summed E-state index contributed by atoms with van der Waals surface area (Å²) < 4.78 is 5.84. The van der Waals surface area contributed by atoms with E-state index in [9.17, 15) is 4.79 Å². The number of carbonyl (C=O) groups excluding carboxylic acids is 1. The average Bonchev–Trinajstić information content (AvgIpc) is 3.17. The molecule has 2 heterocycles. The van der Waals surface area contributed by atoms with Gasteiger partial charge in [-0.3, -0.25) is 9.79 Å². The van der Waals surface area contributed by atoms with Gasteiger partial charge in [0.25, 0.3) is 0 Å². The Bertz CT molecular complexity index is 1090. The summed E-state index contributed by atoms with van der Waals surface area (Å²) in [6, 6.07) is 19.6. The molecule has 1 aliphatic heterocycles. The van der Waals surface area contributed by atoms with Crippen LogP contribution in [0.1, 0.15) is 48.9 Å². The molecule has 152 valence electrons. The molecule has 0 saturated carbocycles. The second kappa shape index (κ2) is 8.49. The molecule has 1 atom stereocenters. The quantitative estimate of drug-likeness (QED) is 0.637. The molecule has 0 radical (unpaired) electrons. The van der Waals surface area contributed by atoms with Gasteiger partial charge in [-0.05, 0) is 56.2 Å². The van der Waals surface area contributed by atoms with E-state index in [4.69, 9.17) is 9.73 Å². The highest BCUT2D eigenvalue weighted by molar-refractivity contribution is 6.15. The van der Waals surface area contributed by atoms with Gasteiger partial charge < -0.3 is 10.1 Å². The molecule has 1 amide bonds. The molecule has 0 spiro atoms. The molecule has 5 nitrogen and oxygen atoms in total. The Kier molecular flexibility index (Phi) is 5.61. The Morgan fingerprint density at radius 2 is 1.83 bits per heavy atom. The molecule has 0 fully saturated rings. The summed E-state index contributed by atoms with van der Waals surface area (Å²) in [4.78, 5) is 21.7. The van der Waals surface area contributed by atoms with Crippen LogP contribution in [-0.2, 0) is 11.3 Å². The first kappa shape index (κ1) is 19.8. The number of hydrogen-bond acceptors (Lipinski definition) is 4. The third-order valence-electron chi connectivity index (χ3n) is 5.09. The number of pyridine rings is 1. The fraction of sp³-hybridized carbons (Fsp3) is 0.240. The van der Waals surface area contributed by atoms with Gasteiger partial charge in [0, 0.05) is 17.3 Å². The molecule has 0 aliphatic carbocycles. The van der Waals surface area contributed by atoms with E-state index in [1.807, 2.05) is 75.4 Å². The van der Waals surface area contributed by atoms with Crippen molar-refractivity contribution >= 4 is 17.4 Å². The van der Waals surface area contributed by atoms with E-state index in [2.05, 4.69) is 16.4 Å². The van der Waals surface area contributed by atoms with Crippen molar-refractivity contribution in [2.45, 2.75) is 39.3 Å². The minimum absolute atomic E-state index is 0.0905. The predicted molar refractivity (Wildman–Crippen MR) is 119 cm³/mol. The minimum Gasteiger partial charge on any atom is -0.491 e. The summed E-state index contributed by atoms with van der Waals surface area (Å²) in [6.07, 6.45) is 1.81. The number of aliphatic imine (C=N–C) groups is 1. The highest BCUT2D eigenvalue weighted by Crippen LogP contribution is 2.28. The summed E-state index contributed by atoms with van der Waals surface area (Å²) in [5, 5.41) is 2.94. The Morgan fingerprint density at radius 3 is 2.60 bits per heavy atom. The SMILES string of the molecule is CC(C)Oc1ccc2c(c1)C(c1ccnc(NC(=O)C(C)c3ccccc3)c1)=NC2. The van der Waals surface area contributed by atoms with Gasteiger partial charge in [-0.25, -0.2) is 4.98 Å². The Hall–Kier alpha value is -3.47. The van der Waals surface area contributed by atoms with E-state index >= 15 is 0 Å². The van der Waals surface area contributed by atoms with Crippen molar-refractivity contribution in [3.05, 3.63) is 89.1 Å². The number of anilines is 1. The second-order valence-electron chi connectivity index (χ2n) is 7.70. The molecule has 3 aromatic rings. The van der Waals surface area contributed by atoms with Crippen LogP contribution in [0.3, 0.4) is 0 Å². The number of aromatic nitrogens is 1. The van der Waals surface area contributed by atoms with Crippen molar-refractivity contribution < 1.29 is 9.53 Å². The number of benzene rings is 2. The lowest BCUT2D eigenvalue weighted by molar-refractivity contribution is -0.117. The molecule has 4 rings (SSSR count). The van der Waals surface area contributed by atoms with Gasteiger partial charge in [-0.15, -0.1) is 0 Å². The summed E-state index contributed by atoms with van der Waals surface area (Å²) in [5.41, 5.74) is 5.02. The third kappa shape index (κ3) is 4.25. The Labute approximate surface area is 176 Å². The first-order valence-electron chi connectivity index (χ1n) is 10.2. The lowest BCUT2D eigenvalue weighted by Gasteiger charge is -2.13. The predicted octanol–water partition coefficient (Wildman–Crippen LogP) is 4.96. The van der Waals surface area contributed by atoms with Crippen molar-refractivity contribution in [3.63, 3.8) is 0 Å². The van der Waals surface area contributed by atoms with Crippen LogP contribution < -0.4 is 10.1 Å². The number of nitrogens with zero attached hydrogens (tertiary/aromatic N) is 2. The molecular formula is C25H25N3O2. The number of fused-ring (bicyclic) bond motifs is 1. The van der Waals surface area contributed by atoms with Gasteiger partial charge in [0.1, 0.15) is 11.6 Å². The van der Waals surface area contributed by atoms with Crippen molar-refractivity contribution in [1.29, 1.82) is 0 Å². The number of rotatable bonds is 6. The molecule has 0 bridgehead atoms. The molecule has 1 aliphatic rings. The normalized spacial score (nSPS) is 13.5. The van der Waals surface area contributed by atoms with Crippen LogP contribution in [0, 0.1) is 0 Å². The van der Waals surface area contributed by atoms with Crippen LogP contribution in [-0.4, -0.2) is 22.7 Å². The first-order chi connectivity index (χ1) is 14.5. The standard InChI is InChI=1S/C25H25N3O2/c1-16(2)30-21-10-9-20-15-27-24(22(20)14-21)19-11-12-26-23(13-19)28-25(29)17(3)18-7-5-4-6-8-18/h4-14,16-17H,15H2,1-3H3,(H,26,28,29). The summed E-state index contributed by atoms with van der Waals surface area (Å²) in [5.74, 6) is 0.993. The smallest absolute Gasteiger partial charge is 0.232 e. The van der Waals surface area contributed by atoms with E-state index in [1.54, 1.807) is 6.20 Å². The highest BCUT2D eigenvalue weighted by Gasteiger charge is 2.20. The van der Waals surface area contributed by atoms with Gasteiger partial charge in [-0.2, -0.15) is 0 Å². The number of nitrogens with one attached hydrogen (secondary N) is 1. The molecule has 1 aromatic heterocycles. The largest absolute Gasteiger partial charge is 0.491 e. The summed E-state index contributed by atoms with van der Waals surface area (Å²) >= 11 is 0. The van der Waals surface area contributed by atoms with E-state index in [0.717, 1.165) is 28.2 Å². The van der Waals surface area contributed by atoms with Gasteiger partial charge in [0.15, 0.2) is 0 Å². The maximum atomic E-state index is 12.7. The van der Waals surface area contributed by atoms with Crippen molar-refractivity contribution in [2.75, 3.05) is 5.32 Å². The molecular weight excluding hydrogens is 374 g/mol. The zero-order valence-corrected chi connectivity index (χ0v) is 17.4. The maximum Gasteiger partial charge on any atom is 0.232 e. The Balaban J connectivity index is 1.55. The average molecular weight is 399 g/mol. The maximum absolute atomic E-state index is 12.7. The van der Waals surface area contributed by atoms with Crippen LogP contribution >= 0.6 is 0 Å². The van der Waals surface area contributed by atoms with Gasteiger partial charge in [0.05, 0.1) is 24.3 Å². The summed E-state index contributed by atoms with van der Waals surface area (Å²) in [6.45, 7) is 6.55. The van der Waals surface area contributed by atoms with Crippen LogP contribution in [0.25, 0.3) is 0 Å². The highest BCUT2D eigenvalue weighted by atomic mass is 16.5. The van der Waals surface area contributed by atoms with Crippen molar-refractivity contribution in [3.8, 4) is 5.75 Å².